The molecule has 0 spiro atoms. The number of halogens is 2. The molecule has 0 N–H and O–H groups in total. The van der Waals surface area contributed by atoms with E-state index >= 15 is 0 Å². The fraction of sp³-hybridized carbons (Fsp3) is 0.0667. The number of nitrogens with zero attached hydrogens (tertiary/aromatic N) is 1. The molecule has 100 valence electrons. The van der Waals surface area contributed by atoms with Crippen LogP contribution in [-0.2, 0) is 0 Å². The normalized spacial score (nSPS) is 9.85. The lowest BCUT2D eigenvalue weighted by molar-refractivity contribution is 0.0921. The predicted molar refractivity (Wildman–Crippen MR) is 77.4 cm³/mol. The number of nitriles is 1. The number of hydrogen-bond acceptors (Lipinski definition) is 3. The average Bonchev–Trinajstić information content (AvgIpc) is 2.45. The molecule has 0 aliphatic carbocycles. The maximum Gasteiger partial charge on any atom is 0.200 e. The minimum atomic E-state index is -0.203. The quantitative estimate of drug-likeness (QED) is 0.798. The second-order valence-electron chi connectivity index (χ2n) is 3.94. The molecule has 0 aromatic heterocycles. The highest BCUT2D eigenvalue weighted by molar-refractivity contribution is 6.32. The van der Waals surface area contributed by atoms with Crippen molar-refractivity contribution < 1.29 is 9.53 Å². The summed E-state index contributed by atoms with van der Waals surface area (Å²) in [5.74, 6) is 0.0906. The molecule has 0 amide bonds. The van der Waals surface area contributed by atoms with Gasteiger partial charge in [-0.05, 0) is 36.4 Å². The Morgan fingerprint density at radius 2 is 1.85 bits per heavy atom. The van der Waals surface area contributed by atoms with E-state index in [0.29, 0.717) is 21.4 Å². The zero-order valence-corrected chi connectivity index (χ0v) is 11.8. The summed E-state index contributed by atoms with van der Waals surface area (Å²) in [5.41, 5.74) is 0.716. The molecule has 0 radical (unpaired) electrons. The van der Waals surface area contributed by atoms with E-state index in [0.717, 1.165) is 0 Å². The van der Waals surface area contributed by atoms with Gasteiger partial charge < -0.3 is 4.74 Å². The van der Waals surface area contributed by atoms with Crippen LogP contribution in [0.4, 0.5) is 0 Å². The first-order valence-electron chi connectivity index (χ1n) is 5.72. The molecule has 0 atom stereocenters. The molecule has 2 aromatic carbocycles. The standard InChI is InChI=1S/C15H9Cl2NO2/c16-11-6-4-10(5-7-11)14(19)9-20-15-3-1-2-13(17)12(15)8-18/h1-7H,9H2. The van der Waals surface area contributed by atoms with Crippen molar-refractivity contribution in [3.05, 3.63) is 63.6 Å². The van der Waals surface area contributed by atoms with Crippen LogP contribution in [-0.4, -0.2) is 12.4 Å². The maximum atomic E-state index is 11.9. The van der Waals surface area contributed by atoms with Gasteiger partial charge >= 0.3 is 0 Å². The lowest BCUT2D eigenvalue weighted by Crippen LogP contribution is -2.12. The molecule has 2 aromatic rings. The lowest BCUT2D eigenvalue weighted by Gasteiger charge is -2.08. The largest absolute Gasteiger partial charge is 0.484 e. The minimum Gasteiger partial charge on any atom is -0.484 e. The van der Waals surface area contributed by atoms with Gasteiger partial charge in [-0.2, -0.15) is 5.26 Å². The Morgan fingerprint density at radius 3 is 2.50 bits per heavy atom. The summed E-state index contributed by atoms with van der Waals surface area (Å²) < 4.78 is 5.37. The fourth-order valence-corrected chi connectivity index (χ4v) is 1.93. The summed E-state index contributed by atoms with van der Waals surface area (Å²) in [6.45, 7) is -0.170. The molecule has 20 heavy (non-hydrogen) atoms. The summed E-state index contributed by atoms with van der Waals surface area (Å²) in [6, 6.07) is 13.3. The van der Waals surface area contributed by atoms with E-state index in [9.17, 15) is 4.79 Å². The Labute approximate surface area is 126 Å². The number of ether oxygens (including phenoxy) is 1. The maximum absolute atomic E-state index is 11.9. The van der Waals surface area contributed by atoms with Gasteiger partial charge in [0.1, 0.15) is 17.4 Å². The first kappa shape index (κ1) is 14.4. The van der Waals surface area contributed by atoms with Crippen LogP contribution in [0.15, 0.2) is 42.5 Å². The predicted octanol–water partition coefficient (Wildman–Crippen LogP) is 4.13. The molecule has 0 fully saturated rings. The Morgan fingerprint density at radius 1 is 1.15 bits per heavy atom. The van der Waals surface area contributed by atoms with Crippen LogP contribution in [0, 0.1) is 11.3 Å². The summed E-state index contributed by atoms with van der Waals surface area (Å²) in [7, 11) is 0. The van der Waals surface area contributed by atoms with E-state index in [1.807, 2.05) is 6.07 Å². The van der Waals surface area contributed by atoms with Crippen LogP contribution >= 0.6 is 23.2 Å². The molecule has 0 saturated carbocycles. The third kappa shape index (κ3) is 3.30. The van der Waals surface area contributed by atoms with Crippen LogP contribution in [0.5, 0.6) is 5.75 Å². The molecule has 0 heterocycles. The summed E-state index contributed by atoms with van der Waals surface area (Å²) >= 11 is 11.6. The van der Waals surface area contributed by atoms with Gasteiger partial charge in [-0.3, -0.25) is 4.79 Å². The van der Waals surface area contributed by atoms with Crippen molar-refractivity contribution in [2.24, 2.45) is 0 Å². The fourth-order valence-electron chi connectivity index (χ4n) is 1.60. The van der Waals surface area contributed by atoms with Gasteiger partial charge in [0.25, 0.3) is 0 Å². The molecule has 0 unspecified atom stereocenters. The number of hydrogen-bond donors (Lipinski definition) is 0. The number of carbonyl (C=O) groups is 1. The Kier molecular flexibility index (Phi) is 4.62. The highest BCUT2D eigenvalue weighted by atomic mass is 35.5. The zero-order valence-electron chi connectivity index (χ0n) is 10.3. The number of ketones is 1. The van der Waals surface area contributed by atoms with E-state index in [-0.39, 0.29) is 18.0 Å². The number of rotatable bonds is 4. The molecule has 2 rings (SSSR count). The summed E-state index contributed by atoms with van der Waals surface area (Å²) in [5, 5.41) is 9.85. The molecule has 3 nitrogen and oxygen atoms in total. The number of benzene rings is 2. The van der Waals surface area contributed by atoms with Crippen molar-refractivity contribution in [1.29, 1.82) is 5.26 Å². The molecule has 0 saturated heterocycles. The van der Waals surface area contributed by atoms with E-state index in [4.69, 9.17) is 33.2 Å². The first-order valence-corrected chi connectivity index (χ1v) is 6.47. The summed E-state index contributed by atoms with van der Waals surface area (Å²) in [6.07, 6.45) is 0. The lowest BCUT2D eigenvalue weighted by atomic mass is 10.1. The van der Waals surface area contributed by atoms with Gasteiger partial charge in [0.15, 0.2) is 12.4 Å². The monoisotopic (exact) mass is 305 g/mol. The SMILES string of the molecule is N#Cc1c(Cl)cccc1OCC(=O)c1ccc(Cl)cc1. The van der Waals surface area contributed by atoms with Crippen molar-refractivity contribution in [3.63, 3.8) is 0 Å². The van der Waals surface area contributed by atoms with Crippen LogP contribution < -0.4 is 4.74 Å². The smallest absolute Gasteiger partial charge is 0.200 e. The van der Waals surface area contributed by atoms with Crippen molar-refractivity contribution >= 4 is 29.0 Å². The highest BCUT2D eigenvalue weighted by Gasteiger charge is 2.11. The van der Waals surface area contributed by atoms with Crippen LogP contribution in [0.3, 0.4) is 0 Å². The third-order valence-corrected chi connectivity index (χ3v) is 3.18. The zero-order chi connectivity index (χ0) is 14.5. The van der Waals surface area contributed by atoms with Gasteiger partial charge in [-0.1, -0.05) is 29.3 Å². The molecule has 5 heteroatoms. The first-order chi connectivity index (χ1) is 9.61. The average molecular weight is 306 g/mol. The Hall–Kier alpha value is -2.02. The van der Waals surface area contributed by atoms with Gasteiger partial charge in [-0.25, -0.2) is 0 Å². The molecular formula is C15H9Cl2NO2. The highest BCUT2D eigenvalue weighted by Crippen LogP contribution is 2.25. The van der Waals surface area contributed by atoms with E-state index < -0.39 is 0 Å². The second-order valence-corrected chi connectivity index (χ2v) is 4.79. The van der Waals surface area contributed by atoms with E-state index in [2.05, 4.69) is 0 Å². The summed E-state index contributed by atoms with van der Waals surface area (Å²) in [4.78, 5) is 11.9. The van der Waals surface area contributed by atoms with Crippen molar-refractivity contribution in [2.45, 2.75) is 0 Å². The van der Waals surface area contributed by atoms with Gasteiger partial charge in [0, 0.05) is 10.6 Å². The molecule has 0 aliphatic rings. The van der Waals surface area contributed by atoms with Crippen molar-refractivity contribution in [3.8, 4) is 11.8 Å². The van der Waals surface area contributed by atoms with Crippen LogP contribution in [0.1, 0.15) is 15.9 Å². The third-order valence-electron chi connectivity index (χ3n) is 2.61. The van der Waals surface area contributed by atoms with E-state index in [1.54, 1.807) is 42.5 Å². The molecule has 0 bridgehead atoms. The minimum absolute atomic E-state index is 0.170. The Bertz CT molecular complexity index is 675. The van der Waals surface area contributed by atoms with Gasteiger partial charge in [0.05, 0.1) is 5.02 Å². The molecular weight excluding hydrogens is 297 g/mol. The van der Waals surface area contributed by atoms with Gasteiger partial charge in [0.2, 0.25) is 0 Å². The number of Topliss-reactive ketones (excluding diaryl/α,β-unsaturated/α-hetero) is 1. The number of carbonyl (C=O) groups excluding carboxylic acids is 1. The molecule has 0 aliphatic heterocycles. The van der Waals surface area contributed by atoms with Crippen LogP contribution in [0.2, 0.25) is 10.0 Å². The Balaban J connectivity index is 2.10. The van der Waals surface area contributed by atoms with E-state index in [1.165, 1.54) is 0 Å². The van der Waals surface area contributed by atoms with Crippen molar-refractivity contribution in [1.82, 2.24) is 0 Å². The topological polar surface area (TPSA) is 50.1 Å². The van der Waals surface area contributed by atoms with Crippen LogP contribution in [0.25, 0.3) is 0 Å². The van der Waals surface area contributed by atoms with Gasteiger partial charge in [-0.15, -0.1) is 0 Å². The second kappa shape index (κ2) is 6.42. The van der Waals surface area contributed by atoms with Crippen molar-refractivity contribution in [2.75, 3.05) is 6.61 Å².